The molecule has 0 unspecified atom stereocenters. The van der Waals surface area contributed by atoms with Gasteiger partial charge in [-0.05, 0) is 23.8 Å². The van der Waals surface area contributed by atoms with E-state index < -0.39 is 11.6 Å². The first-order valence-corrected chi connectivity index (χ1v) is 9.34. The summed E-state index contributed by atoms with van der Waals surface area (Å²) in [6.07, 6.45) is 0.228. The highest BCUT2D eigenvalue weighted by atomic mass is 32.1. The van der Waals surface area contributed by atoms with Crippen LogP contribution in [0.4, 0.5) is 18.3 Å². The largest absolute Gasteiger partial charge is 0.345 e. The summed E-state index contributed by atoms with van der Waals surface area (Å²) in [4.78, 5) is 20.4. The Kier molecular flexibility index (Phi) is 4.73. The first-order valence-electron chi connectivity index (χ1n) is 8.52. The number of hydrogen-bond donors (Lipinski definition) is 0. The molecule has 27 heavy (non-hydrogen) atoms. The number of rotatable bonds is 3. The summed E-state index contributed by atoms with van der Waals surface area (Å²) < 4.78 is 40.6. The number of halogens is 3. The minimum Gasteiger partial charge on any atom is -0.345 e. The molecule has 3 aromatic rings. The van der Waals surface area contributed by atoms with Crippen molar-refractivity contribution in [1.82, 2.24) is 9.88 Å². The minimum absolute atomic E-state index is 0.0151. The number of anilines is 1. The van der Waals surface area contributed by atoms with Crippen molar-refractivity contribution in [3.63, 3.8) is 0 Å². The lowest BCUT2D eigenvalue weighted by atomic mass is 10.1. The van der Waals surface area contributed by atoms with E-state index in [-0.39, 0.29) is 23.7 Å². The highest BCUT2D eigenvalue weighted by Crippen LogP contribution is 2.31. The second-order valence-electron chi connectivity index (χ2n) is 6.40. The Labute approximate surface area is 157 Å². The standard InChI is InChI=1S/C19H16F3N3OS/c20-13-3-1-12(2-4-13)9-17(26)24-5-7-25(8-6-24)19-23-18-15(22)10-14(21)11-16(18)27-19/h1-4,10-11H,5-9H2. The molecule has 1 aliphatic rings. The number of carbonyl (C=O) groups excluding carboxylic acids is 1. The third kappa shape index (κ3) is 3.75. The summed E-state index contributed by atoms with van der Waals surface area (Å²) >= 11 is 1.24. The maximum absolute atomic E-state index is 13.8. The van der Waals surface area contributed by atoms with E-state index in [0.717, 1.165) is 11.6 Å². The lowest BCUT2D eigenvalue weighted by Gasteiger charge is -2.34. The van der Waals surface area contributed by atoms with Gasteiger partial charge in [0.25, 0.3) is 0 Å². The van der Waals surface area contributed by atoms with Gasteiger partial charge in [0.1, 0.15) is 17.2 Å². The third-order valence-electron chi connectivity index (χ3n) is 4.57. The predicted octanol–water partition coefficient (Wildman–Crippen LogP) is 3.60. The van der Waals surface area contributed by atoms with Gasteiger partial charge in [-0.15, -0.1) is 0 Å². The van der Waals surface area contributed by atoms with Crippen LogP contribution < -0.4 is 4.90 Å². The lowest BCUT2D eigenvalue weighted by molar-refractivity contribution is -0.130. The van der Waals surface area contributed by atoms with Crippen LogP contribution in [0.1, 0.15) is 5.56 Å². The number of benzene rings is 2. The Morgan fingerprint density at radius 3 is 2.41 bits per heavy atom. The van der Waals surface area contributed by atoms with Gasteiger partial charge in [0.05, 0.1) is 11.1 Å². The molecule has 1 saturated heterocycles. The molecular weight excluding hydrogens is 375 g/mol. The van der Waals surface area contributed by atoms with Crippen LogP contribution in [0.2, 0.25) is 0 Å². The zero-order valence-corrected chi connectivity index (χ0v) is 15.1. The maximum Gasteiger partial charge on any atom is 0.227 e. The average Bonchev–Trinajstić information content (AvgIpc) is 3.08. The smallest absolute Gasteiger partial charge is 0.227 e. The molecule has 0 N–H and O–H groups in total. The molecule has 8 heteroatoms. The van der Waals surface area contributed by atoms with Crippen molar-refractivity contribution < 1.29 is 18.0 Å². The first kappa shape index (κ1) is 17.8. The van der Waals surface area contributed by atoms with Crippen molar-refractivity contribution in [2.75, 3.05) is 31.1 Å². The Bertz CT molecular complexity index is 982. The van der Waals surface area contributed by atoms with Crippen LogP contribution in [0.3, 0.4) is 0 Å². The van der Waals surface area contributed by atoms with Crippen molar-refractivity contribution >= 4 is 32.6 Å². The highest BCUT2D eigenvalue weighted by molar-refractivity contribution is 7.22. The number of nitrogens with zero attached hydrogens (tertiary/aromatic N) is 3. The number of carbonyl (C=O) groups is 1. The quantitative estimate of drug-likeness (QED) is 0.685. The monoisotopic (exact) mass is 391 g/mol. The molecule has 0 aliphatic carbocycles. The maximum atomic E-state index is 13.8. The van der Waals surface area contributed by atoms with Gasteiger partial charge in [-0.2, -0.15) is 0 Å². The van der Waals surface area contributed by atoms with Gasteiger partial charge < -0.3 is 9.80 Å². The van der Waals surface area contributed by atoms with Gasteiger partial charge in [-0.3, -0.25) is 4.79 Å². The van der Waals surface area contributed by atoms with Gasteiger partial charge in [0, 0.05) is 32.2 Å². The van der Waals surface area contributed by atoms with E-state index in [0.29, 0.717) is 36.0 Å². The summed E-state index contributed by atoms with van der Waals surface area (Å²) in [5.74, 6) is -1.63. The fraction of sp³-hybridized carbons (Fsp3) is 0.263. The molecule has 140 valence electrons. The number of thiazole rings is 1. The SMILES string of the molecule is O=C(Cc1ccc(F)cc1)N1CCN(c2nc3c(F)cc(F)cc3s2)CC1. The van der Waals surface area contributed by atoms with Crippen molar-refractivity contribution in [2.45, 2.75) is 6.42 Å². The first-order chi connectivity index (χ1) is 13.0. The molecule has 4 rings (SSSR count). The summed E-state index contributed by atoms with van der Waals surface area (Å²) in [5, 5.41) is 0.625. The number of hydrogen-bond acceptors (Lipinski definition) is 4. The third-order valence-corrected chi connectivity index (χ3v) is 5.64. The van der Waals surface area contributed by atoms with Gasteiger partial charge in [-0.1, -0.05) is 23.5 Å². The van der Waals surface area contributed by atoms with Crippen LogP contribution in [-0.4, -0.2) is 42.0 Å². The Balaban J connectivity index is 1.40. The van der Waals surface area contributed by atoms with E-state index in [9.17, 15) is 18.0 Å². The fourth-order valence-electron chi connectivity index (χ4n) is 3.12. The molecule has 0 saturated carbocycles. The number of aromatic nitrogens is 1. The summed E-state index contributed by atoms with van der Waals surface area (Å²) in [6.45, 7) is 2.18. The molecule has 1 fully saturated rings. The lowest BCUT2D eigenvalue weighted by Crippen LogP contribution is -2.49. The zero-order valence-electron chi connectivity index (χ0n) is 14.3. The molecule has 2 aromatic carbocycles. The molecule has 1 aromatic heterocycles. The van der Waals surface area contributed by atoms with E-state index in [1.165, 1.54) is 29.5 Å². The van der Waals surface area contributed by atoms with Crippen molar-refractivity contribution in [3.05, 3.63) is 59.4 Å². The van der Waals surface area contributed by atoms with Crippen LogP contribution in [0.5, 0.6) is 0 Å². The van der Waals surface area contributed by atoms with E-state index >= 15 is 0 Å². The Morgan fingerprint density at radius 2 is 1.70 bits per heavy atom. The Morgan fingerprint density at radius 1 is 1.00 bits per heavy atom. The zero-order chi connectivity index (χ0) is 19.0. The van der Waals surface area contributed by atoms with E-state index in [1.807, 2.05) is 4.90 Å². The van der Waals surface area contributed by atoms with Crippen molar-refractivity contribution in [1.29, 1.82) is 0 Å². The molecule has 0 spiro atoms. The molecule has 1 aliphatic heterocycles. The number of piperazine rings is 1. The van der Waals surface area contributed by atoms with Crippen LogP contribution >= 0.6 is 11.3 Å². The molecule has 2 heterocycles. The van der Waals surface area contributed by atoms with Crippen LogP contribution in [0, 0.1) is 17.5 Å². The topological polar surface area (TPSA) is 36.4 Å². The molecule has 0 bridgehead atoms. The van der Waals surface area contributed by atoms with Gasteiger partial charge >= 0.3 is 0 Å². The van der Waals surface area contributed by atoms with Gasteiger partial charge in [-0.25, -0.2) is 18.2 Å². The summed E-state index contributed by atoms with van der Waals surface area (Å²) in [6, 6.07) is 8.02. The average molecular weight is 391 g/mol. The Hall–Kier alpha value is -2.61. The fourth-order valence-corrected chi connectivity index (χ4v) is 4.17. The van der Waals surface area contributed by atoms with Crippen molar-refractivity contribution in [2.24, 2.45) is 0 Å². The summed E-state index contributed by atoms with van der Waals surface area (Å²) in [7, 11) is 0. The molecule has 1 amide bonds. The highest BCUT2D eigenvalue weighted by Gasteiger charge is 2.24. The number of fused-ring (bicyclic) bond motifs is 1. The van der Waals surface area contributed by atoms with Gasteiger partial charge in [0.2, 0.25) is 5.91 Å². The van der Waals surface area contributed by atoms with E-state index in [4.69, 9.17) is 0 Å². The molecule has 4 nitrogen and oxygen atoms in total. The van der Waals surface area contributed by atoms with Crippen molar-refractivity contribution in [3.8, 4) is 0 Å². The summed E-state index contributed by atoms with van der Waals surface area (Å²) in [5.41, 5.74) is 0.943. The van der Waals surface area contributed by atoms with Crippen LogP contribution in [0.25, 0.3) is 10.2 Å². The molecule has 0 atom stereocenters. The van der Waals surface area contributed by atoms with E-state index in [1.54, 1.807) is 17.0 Å². The number of amides is 1. The minimum atomic E-state index is -0.666. The van der Waals surface area contributed by atoms with Crippen LogP contribution in [-0.2, 0) is 11.2 Å². The predicted molar refractivity (Wildman–Crippen MR) is 98.4 cm³/mol. The normalized spacial score (nSPS) is 14.8. The molecule has 0 radical (unpaired) electrons. The van der Waals surface area contributed by atoms with E-state index in [2.05, 4.69) is 4.98 Å². The van der Waals surface area contributed by atoms with Gasteiger partial charge in [0.15, 0.2) is 10.9 Å². The van der Waals surface area contributed by atoms with Crippen LogP contribution in [0.15, 0.2) is 36.4 Å². The second-order valence-corrected chi connectivity index (χ2v) is 7.41. The molecular formula is C19H16F3N3OS. The second kappa shape index (κ2) is 7.19.